The number of ether oxygens (including phenoxy) is 3. The smallest absolute Gasteiger partial charge is 0.240 e. The number of carbonyl (C=O) groups excluding carboxylic acids is 1. The summed E-state index contributed by atoms with van der Waals surface area (Å²) in [5.41, 5.74) is -0.582. The fraction of sp³-hybridized carbons (Fsp3) is 0.880. The SMILES string of the molecule is CC(C)C[C@@H]1CCO[C@H]2C(C(=O)N[C@@H]3C(C)/C=C\CCSC4OC3C(O)C3OC43O)NC[C@@H]2C1. The van der Waals surface area contributed by atoms with Crippen molar-refractivity contribution in [1.29, 1.82) is 0 Å². The molecule has 0 aromatic rings. The van der Waals surface area contributed by atoms with E-state index < -0.39 is 41.6 Å². The van der Waals surface area contributed by atoms with E-state index >= 15 is 0 Å². The van der Waals surface area contributed by atoms with Gasteiger partial charge < -0.3 is 35.1 Å². The van der Waals surface area contributed by atoms with Crippen LogP contribution >= 0.6 is 11.8 Å². The number of rotatable bonds is 4. The Hall–Kier alpha value is -0.680. The van der Waals surface area contributed by atoms with E-state index in [1.807, 2.05) is 6.92 Å². The van der Waals surface area contributed by atoms with Gasteiger partial charge in [0.25, 0.3) is 0 Å². The summed E-state index contributed by atoms with van der Waals surface area (Å²) in [6.07, 6.45) is 5.85. The van der Waals surface area contributed by atoms with E-state index in [2.05, 4.69) is 36.6 Å². The maximum absolute atomic E-state index is 13.6. The molecule has 0 saturated carbocycles. The highest BCUT2D eigenvalue weighted by molar-refractivity contribution is 7.99. The summed E-state index contributed by atoms with van der Waals surface area (Å²) in [6, 6.07) is -0.872. The highest BCUT2D eigenvalue weighted by Gasteiger charge is 2.70. The minimum atomic E-state index is -1.44. The number of carbonyl (C=O) groups is 1. The fourth-order valence-corrected chi connectivity index (χ4v) is 7.46. The zero-order valence-electron chi connectivity index (χ0n) is 20.4. The van der Waals surface area contributed by atoms with Gasteiger partial charge in [0.2, 0.25) is 11.7 Å². The zero-order chi connectivity index (χ0) is 24.0. The first-order chi connectivity index (χ1) is 16.3. The number of thioether (sulfide) groups is 1. The quantitative estimate of drug-likeness (QED) is 0.341. The van der Waals surface area contributed by atoms with Crippen LogP contribution in [-0.2, 0) is 19.0 Å². The second kappa shape index (κ2) is 10.00. The summed E-state index contributed by atoms with van der Waals surface area (Å²) in [4.78, 5) is 13.6. The van der Waals surface area contributed by atoms with Gasteiger partial charge in [0, 0.05) is 13.2 Å². The Morgan fingerprint density at radius 2 is 2.18 bits per heavy atom. The Morgan fingerprint density at radius 3 is 2.97 bits per heavy atom. The molecule has 11 atom stereocenters. The highest BCUT2D eigenvalue weighted by atomic mass is 32.2. The molecule has 0 aromatic carbocycles. The monoisotopic (exact) mass is 496 g/mol. The number of hydrogen-bond donors (Lipinski definition) is 4. The Kier molecular flexibility index (Phi) is 7.35. The molecular weight excluding hydrogens is 456 g/mol. The molecule has 8 nitrogen and oxygen atoms in total. The second-order valence-electron chi connectivity index (χ2n) is 11.2. The van der Waals surface area contributed by atoms with Gasteiger partial charge in [-0.25, -0.2) is 0 Å². The van der Waals surface area contributed by atoms with Crippen molar-refractivity contribution in [2.75, 3.05) is 18.9 Å². The van der Waals surface area contributed by atoms with Crippen molar-refractivity contribution in [3.8, 4) is 0 Å². The summed E-state index contributed by atoms with van der Waals surface area (Å²) in [5, 5.41) is 28.2. The average Bonchev–Trinajstić information content (AvgIpc) is 3.41. The Balaban J connectivity index is 1.30. The lowest BCUT2D eigenvalue weighted by Gasteiger charge is -2.40. The summed E-state index contributed by atoms with van der Waals surface area (Å²) in [7, 11) is 0. The molecule has 2 bridgehead atoms. The second-order valence-corrected chi connectivity index (χ2v) is 12.4. The molecule has 5 aliphatic rings. The molecule has 5 aliphatic heterocycles. The molecule has 9 heteroatoms. The van der Waals surface area contributed by atoms with Gasteiger partial charge in [-0.3, -0.25) is 4.79 Å². The Labute approximate surface area is 206 Å². The van der Waals surface area contributed by atoms with Gasteiger partial charge in [0.1, 0.15) is 24.4 Å². The van der Waals surface area contributed by atoms with Crippen LogP contribution in [0.3, 0.4) is 0 Å². The van der Waals surface area contributed by atoms with Crippen LogP contribution < -0.4 is 10.6 Å². The fourth-order valence-electron chi connectivity index (χ4n) is 6.33. The van der Waals surface area contributed by atoms with Crippen LogP contribution in [0.25, 0.3) is 0 Å². The largest absolute Gasteiger partial charge is 0.387 e. The molecule has 0 aromatic heterocycles. The number of aliphatic hydroxyl groups excluding tert-OH is 1. The third kappa shape index (κ3) is 4.82. The first kappa shape index (κ1) is 25.0. The summed E-state index contributed by atoms with van der Waals surface area (Å²) in [5.74, 6) is 0.803. The Morgan fingerprint density at radius 1 is 1.35 bits per heavy atom. The number of hydrogen-bond acceptors (Lipinski definition) is 8. The molecule has 0 aliphatic carbocycles. The Bertz CT molecular complexity index is 783. The number of aliphatic hydroxyl groups is 2. The van der Waals surface area contributed by atoms with Gasteiger partial charge in [-0.15, -0.1) is 11.8 Å². The number of fused-ring (bicyclic) bond motifs is 5. The zero-order valence-corrected chi connectivity index (χ0v) is 21.2. The minimum absolute atomic E-state index is 0.0556. The molecule has 5 rings (SSSR count). The van der Waals surface area contributed by atoms with Gasteiger partial charge in [0.15, 0.2) is 5.44 Å². The normalized spacial score (nSPS) is 49.5. The van der Waals surface area contributed by atoms with E-state index in [0.29, 0.717) is 24.4 Å². The van der Waals surface area contributed by atoms with E-state index in [-0.39, 0.29) is 17.9 Å². The summed E-state index contributed by atoms with van der Waals surface area (Å²) < 4.78 is 17.9. The topological polar surface area (TPSA) is 113 Å². The van der Waals surface area contributed by atoms with Crippen molar-refractivity contribution in [2.24, 2.45) is 23.7 Å². The molecular formula is C25H40N2O6S. The average molecular weight is 497 g/mol. The number of amides is 1. The molecule has 4 saturated heterocycles. The number of nitrogens with one attached hydrogen (secondary N) is 2. The third-order valence-corrected chi connectivity index (χ3v) is 9.33. The molecule has 192 valence electrons. The van der Waals surface area contributed by atoms with Crippen LogP contribution in [0, 0.1) is 23.7 Å². The molecule has 1 amide bonds. The van der Waals surface area contributed by atoms with E-state index in [1.165, 1.54) is 18.2 Å². The lowest BCUT2D eigenvalue weighted by Crippen LogP contribution is -2.62. The van der Waals surface area contributed by atoms with Gasteiger partial charge in [0.05, 0.1) is 12.1 Å². The van der Waals surface area contributed by atoms with Gasteiger partial charge in [-0.05, 0) is 55.1 Å². The predicted octanol–water partition coefficient (Wildman–Crippen LogP) is 1.40. The first-order valence-corrected chi connectivity index (χ1v) is 14.0. The molecule has 5 heterocycles. The van der Waals surface area contributed by atoms with Crippen LogP contribution in [0.4, 0.5) is 0 Å². The van der Waals surface area contributed by atoms with Gasteiger partial charge in [-0.1, -0.05) is 32.9 Å². The highest BCUT2D eigenvalue weighted by Crippen LogP contribution is 2.51. The van der Waals surface area contributed by atoms with Crippen molar-refractivity contribution in [2.45, 2.75) is 94.2 Å². The van der Waals surface area contributed by atoms with Crippen LogP contribution in [0.15, 0.2) is 12.2 Å². The van der Waals surface area contributed by atoms with Gasteiger partial charge >= 0.3 is 0 Å². The third-order valence-electron chi connectivity index (χ3n) is 8.11. The van der Waals surface area contributed by atoms with Crippen molar-refractivity contribution in [3.63, 3.8) is 0 Å². The van der Waals surface area contributed by atoms with Crippen LogP contribution in [0.1, 0.15) is 46.5 Å². The van der Waals surface area contributed by atoms with Crippen LogP contribution in [0.2, 0.25) is 0 Å². The van der Waals surface area contributed by atoms with Crippen molar-refractivity contribution in [1.82, 2.24) is 10.6 Å². The molecule has 4 N–H and O–H groups in total. The van der Waals surface area contributed by atoms with E-state index in [4.69, 9.17) is 14.2 Å². The molecule has 7 unspecified atom stereocenters. The number of epoxide rings is 1. The lowest BCUT2D eigenvalue weighted by atomic mass is 9.85. The molecule has 34 heavy (non-hydrogen) atoms. The number of allylic oxidation sites excluding steroid dienone is 1. The van der Waals surface area contributed by atoms with Gasteiger partial charge in [-0.2, -0.15) is 0 Å². The van der Waals surface area contributed by atoms with Crippen molar-refractivity contribution < 1.29 is 29.2 Å². The van der Waals surface area contributed by atoms with Crippen molar-refractivity contribution in [3.05, 3.63) is 12.2 Å². The lowest BCUT2D eigenvalue weighted by molar-refractivity contribution is -0.154. The van der Waals surface area contributed by atoms with E-state index in [9.17, 15) is 15.0 Å². The molecule has 0 radical (unpaired) electrons. The molecule has 4 fully saturated rings. The van der Waals surface area contributed by atoms with Crippen molar-refractivity contribution >= 4 is 17.7 Å². The van der Waals surface area contributed by atoms with E-state index in [0.717, 1.165) is 31.6 Å². The van der Waals surface area contributed by atoms with E-state index in [1.54, 1.807) is 0 Å². The van der Waals surface area contributed by atoms with Crippen LogP contribution in [-0.4, -0.2) is 82.7 Å². The minimum Gasteiger partial charge on any atom is -0.387 e. The predicted molar refractivity (Wildman–Crippen MR) is 129 cm³/mol. The maximum atomic E-state index is 13.6. The standard InChI is InChI=1S/C25H40N2O6S/c1-13(2)10-15-7-8-31-20-16(11-15)12-26-18(20)23(29)27-17-14(3)6-4-5-9-34-24-25(30)22(33-25)19(28)21(17)32-24/h4,6,13-22,24,26,28,30H,5,7-12H2,1-3H3,(H,27,29)/b6-4-/t14?,15-,16-,17+,18?,19?,20+,21?,22?,24?,25?/m0/s1. The summed E-state index contributed by atoms with van der Waals surface area (Å²) in [6.45, 7) is 8.02. The molecule has 0 spiro atoms. The maximum Gasteiger partial charge on any atom is 0.240 e. The summed E-state index contributed by atoms with van der Waals surface area (Å²) >= 11 is 1.49. The van der Waals surface area contributed by atoms with Crippen LogP contribution in [0.5, 0.6) is 0 Å². The first-order valence-electron chi connectivity index (χ1n) is 12.9.